The molecule has 22 heavy (non-hydrogen) atoms. The van der Waals surface area contributed by atoms with Crippen LogP contribution in [-0.2, 0) is 0 Å². The molecule has 2 rings (SSSR count). The molecule has 1 aliphatic rings. The molecule has 0 aliphatic heterocycles. The number of carbonyl (C=O) groups is 1. The Bertz CT molecular complexity index is 472. The van der Waals surface area contributed by atoms with Gasteiger partial charge in [0.2, 0.25) is 0 Å². The standard InChI is InChI=1S/C17H25FN2O2/c1-2-20(11-12-21)17(22)19-16(13-5-3-4-6-13)14-7-9-15(18)10-8-14/h7-10,13,16,21H,2-6,11-12H2,1H3,(H,19,22). The molecule has 0 bridgehead atoms. The molecule has 1 aromatic carbocycles. The predicted octanol–water partition coefficient (Wildman–Crippen LogP) is 3.08. The van der Waals surface area contributed by atoms with E-state index in [1.54, 1.807) is 17.0 Å². The molecule has 1 unspecified atom stereocenters. The lowest BCUT2D eigenvalue weighted by Crippen LogP contribution is -2.44. The zero-order valence-corrected chi connectivity index (χ0v) is 13.1. The largest absolute Gasteiger partial charge is 0.395 e. The van der Waals surface area contributed by atoms with Gasteiger partial charge in [0.05, 0.1) is 12.6 Å². The summed E-state index contributed by atoms with van der Waals surface area (Å²) in [7, 11) is 0. The van der Waals surface area contributed by atoms with E-state index in [2.05, 4.69) is 5.32 Å². The highest BCUT2D eigenvalue weighted by molar-refractivity contribution is 5.74. The molecule has 1 saturated carbocycles. The molecule has 2 N–H and O–H groups in total. The molecule has 2 amide bonds. The van der Waals surface area contributed by atoms with Crippen molar-refractivity contribution >= 4 is 6.03 Å². The minimum atomic E-state index is -0.268. The quantitative estimate of drug-likeness (QED) is 0.848. The molecule has 1 atom stereocenters. The van der Waals surface area contributed by atoms with E-state index >= 15 is 0 Å². The molecule has 4 nitrogen and oxygen atoms in total. The van der Waals surface area contributed by atoms with Crippen molar-refractivity contribution in [1.82, 2.24) is 10.2 Å². The van der Waals surface area contributed by atoms with E-state index in [1.807, 2.05) is 6.92 Å². The van der Waals surface area contributed by atoms with E-state index in [1.165, 1.54) is 25.0 Å². The zero-order chi connectivity index (χ0) is 15.9. The van der Waals surface area contributed by atoms with E-state index in [9.17, 15) is 9.18 Å². The molecular weight excluding hydrogens is 283 g/mol. The second-order valence-corrected chi connectivity index (χ2v) is 5.83. The van der Waals surface area contributed by atoms with Crippen LogP contribution in [0.1, 0.15) is 44.2 Å². The fourth-order valence-corrected chi connectivity index (χ4v) is 3.18. The van der Waals surface area contributed by atoms with Crippen molar-refractivity contribution in [2.45, 2.75) is 38.6 Å². The minimum Gasteiger partial charge on any atom is -0.395 e. The number of hydrogen-bond acceptors (Lipinski definition) is 2. The van der Waals surface area contributed by atoms with Gasteiger partial charge in [0, 0.05) is 13.1 Å². The van der Waals surface area contributed by atoms with Gasteiger partial charge in [-0.3, -0.25) is 0 Å². The van der Waals surface area contributed by atoms with Crippen molar-refractivity contribution in [3.8, 4) is 0 Å². The number of halogens is 1. The summed E-state index contributed by atoms with van der Waals surface area (Å²) in [6, 6.07) is 6.12. The molecule has 0 aromatic heterocycles. The molecule has 1 aromatic rings. The summed E-state index contributed by atoms with van der Waals surface area (Å²) in [5, 5.41) is 12.1. The van der Waals surface area contributed by atoms with E-state index in [0.717, 1.165) is 18.4 Å². The number of likely N-dealkylation sites (N-methyl/N-ethyl adjacent to an activating group) is 1. The summed E-state index contributed by atoms with van der Waals surface area (Å²) < 4.78 is 13.1. The van der Waals surface area contributed by atoms with Gasteiger partial charge in [-0.1, -0.05) is 25.0 Å². The number of urea groups is 1. The first kappa shape index (κ1) is 16.7. The van der Waals surface area contributed by atoms with Crippen LogP contribution >= 0.6 is 0 Å². The minimum absolute atomic E-state index is 0.0497. The molecule has 0 heterocycles. The molecular formula is C17H25FN2O2. The highest BCUT2D eigenvalue weighted by Crippen LogP contribution is 2.35. The molecule has 1 aliphatic carbocycles. The third-order valence-electron chi connectivity index (χ3n) is 4.42. The lowest BCUT2D eigenvalue weighted by atomic mass is 9.91. The van der Waals surface area contributed by atoms with Crippen LogP contribution in [0.15, 0.2) is 24.3 Å². The number of nitrogens with zero attached hydrogens (tertiary/aromatic N) is 1. The predicted molar refractivity (Wildman–Crippen MR) is 84.0 cm³/mol. The number of rotatable bonds is 6. The zero-order valence-electron chi connectivity index (χ0n) is 13.1. The van der Waals surface area contributed by atoms with Gasteiger partial charge in [-0.05, 0) is 43.4 Å². The maximum absolute atomic E-state index is 13.1. The first-order valence-electron chi connectivity index (χ1n) is 8.07. The monoisotopic (exact) mass is 308 g/mol. The molecule has 0 radical (unpaired) electrons. The SMILES string of the molecule is CCN(CCO)C(=O)NC(c1ccc(F)cc1)C1CCCC1. The van der Waals surface area contributed by atoms with Crippen LogP contribution in [-0.4, -0.2) is 35.7 Å². The summed E-state index contributed by atoms with van der Waals surface area (Å²) in [5.74, 6) is 0.123. The van der Waals surface area contributed by atoms with Gasteiger partial charge < -0.3 is 15.3 Å². The smallest absolute Gasteiger partial charge is 0.317 e. The fraction of sp³-hybridized carbons (Fsp3) is 0.588. The van der Waals surface area contributed by atoms with Gasteiger partial charge in [-0.15, -0.1) is 0 Å². The Balaban J connectivity index is 2.14. The Morgan fingerprint density at radius 1 is 1.36 bits per heavy atom. The van der Waals surface area contributed by atoms with Crippen molar-refractivity contribution in [2.75, 3.05) is 19.7 Å². The third kappa shape index (κ3) is 4.19. The summed E-state index contributed by atoms with van der Waals surface area (Å²) in [6.45, 7) is 2.71. The first-order chi connectivity index (χ1) is 10.7. The number of benzene rings is 1. The van der Waals surface area contributed by atoms with Gasteiger partial charge in [0.25, 0.3) is 0 Å². The fourth-order valence-electron chi connectivity index (χ4n) is 3.18. The summed E-state index contributed by atoms with van der Waals surface area (Å²) in [4.78, 5) is 14.0. The number of aliphatic hydroxyl groups excluding tert-OH is 1. The average Bonchev–Trinajstić information content (AvgIpc) is 3.05. The maximum atomic E-state index is 13.1. The summed E-state index contributed by atoms with van der Waals surface area (Å²) in [6.07, 6.45) is 4.50. The lowest BCUT2D eigenvalue weighted by Gasteiger charge is -2.29. The van der Waals surface area contributed by atoms with E-state index in [-0.39, 0.29) is 24.5 Å². The Morgan fingerprint density at radius 3 is 2.55 bits per heavy atom. The summed E-state index contributed by atoms with van der Waals surface area (Å²) in [5.41, 5.74) is 0.946. The van der Waals surface area contributed by atoms with Crippen LogP contribution in [0.5, 0.6) is 0 Å². The van der Waals surface area contributed by atoms with Gasteiger partial charge in [-0.25, -0.2) is 9.18 Å². The van der Waals surface area contributed by atoms with Gasteiger partial charge >= 0.3 is 6.03 Å². The second kappa shape index (κ2) is 8.13. The maximum Gasteiger partial charge on any atom is 0.317 e. The van der Waals surface area contributed by atoms with Crippen molar-refractivity contribution in [3.63, 3.8) is 0 Å². The highest BCUT2D eigenvalue weighted by atomic mass is 19.1. The van der Waals surface area contributed by atoms with Crippen LogP contribution < -0.4 is 5.32 Å². The lowest BCUT2D eigenvalue weighted by molar-refractivity contribution is 0.173. The number of carbonyl (C=O) groups excluding carboxylic acids is 1. The normalized spacial score (nSPS) is 16.5. The second-order valence-electron chi connectivity index (χ2n) is 5.83. The molecule has 0 saturated heterocycles. The topological polar surface area (TPSA) is 52.6 Å². The average molecular weight is 308 g/mol. The van der Waals surface area contributed by atoms with E-state index in [4.69, 9.17) is 5.11 Å². The van der Waals surface area contributed by atoms with Crippen molar-refractivity contribution < 1.29 is 14.3 Å². The highest BCUT2D eigenvalue weighted by Gasteiger charge is 2.28. The van der Waals surface area contributed by atoms with Gasteiger partial charge in [-0.2, -0.15) is 0 Å². The van der Waals surface area contributed by atoms with Crippen molar-refractivity contribution in [1.29, 1.82) is 0 Å². The number of amides is 2. The Morgan fingerprint density at radius 2 is 2.00 bits per heavy atom. The molecule has 122 valence electrons. The Labute approximate surface area is 131 Å². The first-order valence-corrected chi connectivity index (χ1v) is 8.07. The van der Waals surface area contributed by atoms with E-state index < -0.39 is 0 Å². The van der Waals surface area contributed by atoms with Crippen LogP contribution in [0.4, 0.5) is 9.18 Å². The van der Waals surface area contributed by atoms with E-state index in [0.29, 0.717) is 19.0 Å². The Hall–Kier alpha value is -1.62. The van der Waals surface area contributed by atoms with Crippen molar-refractivity contribution in [2.24, 2.45) is 5.92 Å². The van der Waals surface area contributed by atoms with Crippen LogP contribution in [0.25, 0.3) is 0 Å². The Kier molecular flexibility index (Phi) is 6.19. The third-order valence-corrected chi connectivity index (χ3v) is 4.42. The molecule has 5 heteroatoms. The van der Waals surface area contributed by atoms with Gasteiger partial charge in [0.1, 0.15) is 5.82 Å². The van der Waals surface area contributed by atoms with Crippen LogP contribution in [0.3, 0.4) is 0 Å². The van der Waals surface area contributed by atoms with Crippen molar-refractivity contribution in [3.05, 3.63) is 35.6 Å². The van der Waals surface area contributed by atoms with Crippen LogP contribution in [0.2, 0.25) is 0 Å². The summed E-state index contributed by atoms with van der Waals surface area (Å²) >= 11 is 0. The molecule has 1 fully saturated rings. The number of aliphatic hydroxyl groups is 1. The van der Waals surface area contributed by atoms with Crippen LogP contribution in [0, 0.1) is 11.7 Å². The number of hydrogen-bond donors (Lipinski definition) is 2. The molecule has 0 spiro atoms. The number of nitrogens with one attached hydrogen (secondary N) is 1. The van der Waals surface area contributed by atoms with Gasteiger partial charge in [0.15, 0.2) is 0 Å².